The molecule has 11 nitrogen and oxygen atoms in total. The van der Waals surface area contributed by atoms with Gasteiger partial charge in [-0.05, 0) is 29.5 Å². The van der Waals surface area contributed by atoms with Crippen LogP contribution in [0, 0.1) is 5.92 Å². The molecule has 0 unspecified atom stereocenters. The van der Waals surface area contributed by atoms with Crippen LogP contribution in [-0.2, 0) is 33.5 Å². The molecule has 5 amide bonds. The van der Waals surface area contributed by atoms with Crippen molar-refractivity contribution >= 4 is 47.1 Å². The van der Waals surface area contributed by atoms with Crippen molar-refractivity contribution in [3.63, 3.8) is 0 Å². The van der Waals surface area contributed by atoms with E-state index < -0.39 is 46.4 Å². The largest absolute Gasteiger partial charge is 0.343 e. The van der Waals surface area contributed by atoms with Crippen molar-refractivity contribution in [3.05, 3.63) is 108 Å². The summed E-state index contributed by atoms with van der Waals surface area (Å²) in [5.41, 5.74) is 2.92. The van der Waals surface area contributed by atoms with Gasteiger partial charge in [0.15, 0.2) is 5.78 Å². The Kier molecular flexibility index (Phi) is 14.8. The number of benzene rings is 3. The minimum Gasteiger partial charge on any atom is -0.343 e. The van der Waals surface area contributed by atoms with E-state index >= 15 is 0 Å². The third-order valence-corrected chi connectivity index (χ3v) is 11.1. The molecular weight excluding hydrogens is 691 g/mol. The fraction of sp³-hybridized carbons (Fsp3) is 0.415. The number of carbonyl (C=O) groups is 6. The molecule has 2 N–H and O–H groups in total. The summed E-state index contributed by atoms with van der Waals surface area (Å²) in [6, 6.07) is 27.8. The Hall–Kier alpha value is -4.97. The quantitative estimate of drug-likeness (QED) is 0.318. The topological polar surface area (TPSA) is 136 Å². The van der Waals surface area contributed by atoms with Crippen molar-refractivity contribution in [1.29, 1.82) is 0 Å². The minimum absolute atomic E-state index is 0.106. The van der Waals surface area contributed by atoms with Gasteiger partial charge in [0, 0.05) is 39.2 Å². The second kappa shape index (κ2) is 19.2. The normalized spacial score (nSPS) is 20.5. The summed E-state index contributed by atoms with van der Waals surface area (Å²) in [6.45, 7) is 2.72. The van der Waals surface area contributed by atoms with Crippen LogP contribution in [-0.4, -0.2) is 109 Å². The molecule has 1 fully saturated rings. The van der Waals surface area contributed by atoms with E-state index in [0.29, 0.717) is 19.3 Å². The van der Waals surface area contributed by atoms with Gasteiger partial charge in [0.2, 0.25) is 29.5 Å². The number of nitrogens with zero attached hydrogens (tertiary/aromatic N) is 3. The number of likely N-dealkylation sites (N-methyl/N-ethyl adjacent to an activating group) is 3. The molecule has 4 rings (SSSR count). The van der Waals surface area contributed by atoms with Gasteiger partial charge in [0.1, 0.15) is 12.1 Å². The average molecular weight is 742 g/mol. The molecule has 0 spiro atoms. The number of carbonyl (C=O) groups excluding carboxylic acids is 6. The van der Waals surface area contributed by atoms with Crippen LogP contribution in [0.3, 0.4) is 0 Å². The molecule has 0 aromatic heterocycles. The molecule has 0 bridgehead atoms. The van der Waals surface area contributed by atoms with Crippen LogP contribution in [0.15, 0.2) is 91.0 Å². The molecule has 3 aromatic rings. The van der Waals surface area contributed by atoms with Gasteiger partial charge in [0.25, 0.3) is 0 Å². The summed E-state index contributed by atoms with van der Waals surface area (Å²) < 4.78 is -0.797. The Bertz CT molecular complexity index is 1630. The van der Waals surface area contributed by atoms with Crippen LogP contribution in [0.4, 0.5) is 0 Å². The highest BCUT2D eigenvalue weighted by molar-refractivity contribution is 8.00. The number of nitrogens with one attached hydrogen (secondary N) is 2. The van der Waals surface area contributed by atoms with Gasteiger partial charge < -0.3 is 25.3 Å². The lowest BCUT2D eigenvalue weighted by Crippen LogP contribution is -2.55. The lowest BCUT2D eigenvalue weighted by Gasteiger charge is -2.37. The maximum absolute atomic E-state index is 14.3. The van der Waals surface area contributed by atoms with Crippen molar-refractivity contribution in [2.75, 3.05) is 46.5 Å². The first-order chi connectivity index (χ1) is 25.4. The Morgan fingerprint density at radius 3 is 1.47 bits per heavy atom. The summed E-state index contributed by atoms with van der Waals surface area (Å²) in [7, 11) is 4.46. The molecule has 0 aliphatic carbocycles. The number of Topliss-reactive ketones (excluding diaryl/α,β-unsaturated/α-hetero) is 1. The summed E-state index contributed by atoms with van der Waals surface area (Å²) in [5, 5.41) is 5.61. The fourth-order valence-electron chi connectivity index (χ4n) is 6.70. The lowest BCUT2D eigenvalue weighted by atomic mass is 9.84. The predicted octanol–water partition coefficient (Wildman–Crippen LogP) is 3.86. The monoisotopic (exact) mass is 741 g/mol. The van der Waals surface area contributed by atoms with E-state index in [4.69, 9.17) is 0 Å². The van der Waals surface area contributed by atoms with Gasteiger partial charge in [-0.1, -0.05) is 111 Å². The minimum atomic E-state index is -1.09. The Labute approximate surface area is 316 Å². The third-order valence-electron chi connectivity index (χ3n) is 9.47. The number of hydrogen-bond donors (Lipinski definition) is 2. The van der Waals surface area contributed by atoms with E-state index in [9.17, 15) is 28.8 Å². The Morgan fingerprint density at radius 2 is 1.02 bits per heavy atom. The zero-order valence-corrected chi connectivity index (χ0v) is 32.1. The fourth-order valence-corrected chi connectivity index (χ4v) is 8.25. The van der Waals surface area contributed by atoms with Gasteiger partial charge in [-0.3, -0.25) is 28.8 Å². The first-order valence-corrected chi connectivity index (χ1v) is 19.1. The first kappa shape index (κ1) is 40.8. The predicted molar refractivity (Wildman–Crippen MR) is 207 cm³/mol. The van der Waals surface area contributed by atoms with Crippen LogP contribution in [0.1, 0.15) is 56.2 Å². The maximum atomic E-state index is 14.3. The van der Waals surface area contributed by atoms with E-state index in [-0.39, 0.29) is 43.5 Å². The highest BCUT2D eigenvalue weighted by Crippen LogP contribution is 2.48. The molecule has 3 atom stereocenters. The molecule has 1 heterocycles. The summed E-state index contributed by atoms with van der Waals surface area (Å²) >= 11 is 1.49. The number of rotatable bonds is 9. The van der Waals surface area contributed by atoms with Crippen LogP contribution >= 0.6 is 11.8 Å². The number of hydrogen-bond acceptors (Lipinski definition) is 7. The standard InChI is InChI=1S/C41H51N5O6S/c1-6-17-34-39(51)46(5)27-37(49)43-35(40(52)44(3)25-33(47)24-29(7-2)38(50)45(4)26-36(48)42-34)28-53-41(30-18-11-8-12-19-30,31-20-13-9-14-21-31)32-22-15-10-16-23-32/h8-16,18-23,29,34-35H,6-7,17,24-28H2,1-5H3,(H,42,48)(H,43,49)/t29-,34+,35+/m1/s1. The molecule has 0 radical (unpaired) electrons. The van der Waals surface area contributed by atoms with E-state index in [1.54, 1.807) is 6.92 Å². The van der Waals surface area contributed by atoms with Crippen molar-refractivity contribution in [3.8, 4) is 0 Å². The molecule has 3 aromatic carbocycles. The number of amides is 5. The van der Waals surface area contributed by atoms with Crippen molar-refractivity contribution < 1.29 is 28.8 Å². The van der Waals surface area contributed by atoms with Gasteiger partial charge in [-0.25, -0.2) is 0 Å². The number of thioether (sulfide) groups is 1. The molecule has 53 heavy (non-hydrogen) atoms. The van der Waals surface area contributed by atoms with Crippen molar-refractivity contribution in [2.45, 2.75) is 56.4 Å². The SMILES string of the molecule is CCC[C@@H]1NC(=O)CN(C)C(=O)[C@H](CC)CC(=O)CN(C)C(=O)[C@H](CSC(c2ccccc2)(c2ccccc2)c2ccccc2)NC(=O)CN(C)C1=O. The highest BCUT2D eigenvalue weighted by atomic mass is 32.2. The van der Waals surface area contributed by atoms with E-state index in [2.05, 4.69) is 10.6 Å². The van der Waals surface area contributed by atoms with Gasteiger partial charge in [0.05, 0.1) is 24.4 Å². The van der Waals surface area contributed by atoms with Crippen molar-refractivity contribution in [1.82, 2.24) is 25.3 Å². The maximum Gasteiger partial charge on any atom is 0.246 e. The summed E-state index contributed by atoms with van der Waals surface area (Å²) in [5.74, 6) is -3.32. The Balaban J connectivity index is 1.74. The molecular formula is C41H51N5O6S. The second-order valence-electron chi connectivity index (χ2n) is 13.6. The summed E-state index contributed by atoms with van der Waals surface area (Å²) in [4.78, 5) is 85.0. The molecule has 12 heteroatoms. The van der Waals surface area contributed by atoms with Crippen LogP contribution < -0.4 is 10.6 Å². The van der Waals surface area contributed by atoms with E-state index in [1.165, 1.54) is 47.6 Å². The lowest BCUT2D eigenvalue weighted by molar-refractivity contribution is -0.143. The first-order valence-electron chi connectivity index (χ1n) is 18.1. The average Bonchev–Trinajstić information content (AvgIpc) is 3.16. The smallest absolute Gasteiger partial charge is 0.246 e. The number of ketones is 1. The molecule has 1 aliphatic heterocycles. The van der Waals surface area contributed by atoms with Crippen molar-refractivity contribution in [2.24, 2.45) is 5.92 Å². The van der Waals surface area contributed by atoms with Gasteiger partial charge in [-0.2, -0.15) is 0 Å². The van der Waals surface area contributed by atoms with E-state index in [0.717, 1.165) is 16.7 Å². The third kappa shape index (κ3) is 10.3. The Morgan fingerprint density at radius 1 is 0.604 bits per heavy atom. The van der Waals surface area contributed by atoms with Gasteiger partial charge >= 0.3 is 0 Å². The molecule has 1 aliphatic rings. The van der Waals surface area contributed by atoms with Crippen LogP contribution in [0.2, 0.25) is 0 Å². The molecule has 0 saturated carbocycles. The second-order valence-corrected chi connectivity index (χ2v) is 14.8. The summed E-state index contributed by atoms with van der Waals surface area (Å²) in [6.07, 6.45) is 1.14. The zero-order chi connectivity index (χ0) is 38.5. The molecule has 1 saturated heterocycles. The highest BCUT2D eigenvalue weighted by Gasteiger charge is 2.39. The zero-order valence-electron chi connectivity index (χ0n) is 31.2. The van der Waals surface area contributed by atoms with Gasteiger partial charge in [-0.15, -0.1) is 11.8 Å². The van der Waals surface area contributed by atoms with E-state index in [1.807, 2.05) is 97.9 Å². The van der Waals surface area contributed by atoms with Crippen LogP contribution in [0.25, 0.3) is 0 Å². The molecule has 282 valence electrons. The van der Waals surface area contributed by atoms with Crippen LogP contribution in [0.5, 0.6) is 0 Å².